The molecule has 2 N–H and O–H groups in total. The maximum absolute atomic E-state index is 12.1. The second-order valence-corrected chi connectivity index (χ2v) is 7.30. The number of nitrogens with zero attached hydrogens (tertiary/aromatic N) is 2. The van der Waals surface area contributed by atoms with Gasteiger partial charge in [-0.2, -0.15) is 17.0 Å². The smallest absolute Gasteiger partial charge is 0.304 e. The molecule has 1 aliphatic rings. The summed E-state index contributed by atoms with van der Waals surface area (Å²) in [5.41, 5.74) is -0.949. The van der Waals surface area contributed by atoms with E-state index in [-0.39, 0.29) is 19.5 Å². The molecule has 0 radical (unpaired) electrons. The van der Waals surface area contributed by atoms with Crippen LogP contribution in [0, 0.1) is 0 Å². The number of likely N-dealkylation sites (N-methyl/N-ethyl adjacent to an activating group) is 1. The van der Waals surface area contributed by atoms with E-state index < -0.39 is 21.8 Å². The highest BCUT2D eigenvalue weighted by Gasteiger charge is 2.36. The first-order chi connectivity index (χ1) is 8.67. The summed E-state index contributed by atoms with van der Waals surface area (Å²) in [4.78, 5) is 10.5. The molecule has 0 aromatic heterocycles. The summed E-state index contributed by atoms with van der Waals surface area (Å²) in [6, 6.07) is 0. The van der Waals surface area contributed by atoms with Crippen molar-refractivity contribution in [2.45, 2.75) is 37.7 Å². The Morgan fingerprint density at radius 3 is 2.21 bits per heavy atom. The molecule has 1 rings (SSSR count). The van der Waals surface area contributed by atoms with E-state index in [1.165, 1.54) is 14.1 Å². The topological polar surface area (TPSA) is 98.2 Å². The van der Waals surface area contributed by atoms with Crippen LogP contribution in [0.2, 0.25) is 0 Å². The zero-order valence-corrected chi connectivity index (χ0v) is 12.2. The first-order valence-electron chi connectivity index (χ1n) is 6.29. The molecular weight excluding hydrogens is 272 g/mol. The minimum atomic E-state index is -3.72. The highest BCUT2D eigenvalue weighted by molar-refractivity contribution is 7.86. The van der Waals surface area contributed by atoms with Crippen LogP contribution in [0.4, 0.5) is 0 Å². The molecule has 1 aliphatic carbocycles. The minimum Gasteiger partial charge on any atom is -0.481 e. The van der Waals surface area contributed by atoms with E-state index >= 15 is 0 Å². The van der Waals surface area contributed by atoms with Gasteiger partial charge in [0.2, 0.25) is 0 Å². The first-order valence-corrected chi connectivity index (χ1v) is 7.69. The second kappa shape index (κ2) is 6.17. The molecule has 0 heterocycles. The van der Waals surface area contributed by atoms with Crippen LogP contribution >= 0.6 is 0 Å². The quantitative estimate of drug-likeness (QED) is 0.682. The SMILES string of the molecule is CN(CCC(=O)O)S(=O)(=O)N(C)CC1(O)CCCC1. The van der Waals surface area contributed by atoms with E-state index in [2.05, 4.69) is 0 Å². The van der Waals surface area contributed by atoms with Gasteiger partial charge in [0, 0.05) is 27.2 Å². The Hall–Kier alpha value is -0.700. The van der Waals surface area contributed by atoms with Crippen molar-refractivity contribution in [3.63, 3.8) is 0 Å². The molecule has 0 aromatic rings. The fourth-order valence-corrected chi connectivity index (χ4v) is 3.50. The minimum absolute atomic E-state index is 0.0484. The van der Waals surface area contributed by atoms with Crippen LogP contribution in [0.5, 0.6) is 0 Å². The predicted octanol–water partition coefficient (Wildman–Crippen LogP) is -0.125. The lowest BCUT2D eigenvalue weighted by Crippen LogP contribution is -2.47. The number of carboxylic acids is 1. The van der Waals surface area contributed by atoms with Crippen LogP contribution in [0.1, 0.15) is 32.1 Å². The van der Waals surface area contributed by atoms with Gasteiger partial charge < -0.3 is 10.2 Å². The van der Waals surface area contributed by atoms with Crippen molar-refractivity contribution in [3.8, 4) is 0 Å². The average Bonchev–Trinajstić information content (AvgIpc) is 2.72. The van der Waals surface area contributed by atoms with Gasteiger partial charge in [-0.3, -0.25) is 4.79 Å². The van der Waals surface area contributed by atoms with Crippen LogP contribution in [0.15, 0.2) is 0 Å². The maximum Gasteiger partial charge on any atom is 0.304 e. The molecule has 1 fully saturated rings. The Morgan fingerprint density at radius 2 is 1.74 bits per heavy atom. The summed E-state index contributed by atoms with van der Waals surface area (Å²) < 4.78 is 26.3. The number of aliphatic hydroxyl groups is 1. The lowest BCUT2D eigenvalue weighted by atomic mass is 10.0. The highest BCUT2D eigenvalue weighted by atomic mass is 32.2. The van der Waals surface area contributed by atoms with Crippen LogP contribution < -0.4 is 0 Å². The van der Waals surface area contributed by atoms with E-state index in [1.54, 1.807) is 0 Å². The highest BCUT2D eigenvalue weighted by Crippen LogP contribution is 2.30. The van der Waals surface area contributed by atoms with Gasteiger partial charge in [-0.15, -0.1) is 0 Å². The van der Waals surface area contributed by atoms with Crippen molar-refractivity contribution in [2.24, 2.45) is 0 Å². The molecule has 1 saturated carbocycles. The Morgan fingerprint density at radius 1 is 1.21 bits per heavy atom. The predicted molar refractivity (Wildman–Crippen MR) is 69.9 cm³/mol. The molecule has 0 spiro atoms. The van der Waals surface area contributed by atoms with Gasteiger partial charge in [0.05, 0.1) is 12.0 Å². The Kier molecular flexibility index (Phi) is 5.31. The molecule has 0 atom stereocenters. The fourth-order valence-electron chi connectivity index (χ4n) is 2.29. The van der Waals surface area contributed by atoms with Gasteiger partial charge in [0.25, 0.3) is 10.2 Å². The number of aliphatic carboxylic acids is 1. The summed E-state index contributed by atoms with van der Waals surface area (Å²) in [7, 11) is -0.971. The van der Waals surface area contributed by atoms with Gasteiger partial charge in [0.15, 0.2) is 0 Å². The lowest BCUT2D eigenvalue weighted by molar-refractivity contribution is -0.137. The lowest BCUT2D eigenvalue weighted by Gasteiger charge is -2.30. The molecule has 7 nitrogen and oxygen atoms in total. The Balaban J connectivity index is 2.62. The Bertz CT molecular complexity index is 417. The number of hydrogen-bond acceptors (Lipinski definition) is 4. The van der Waals surface area contributed by atoms with E-state index in [9.17, 15) is 18.3 Å². The number of rotatable bonds is 7. The number of carboxylic acid groups (broad SMARTS) is 1. The van der Waals surface area contributed by atoms with Gasteiger partial charge >= 0.3 is 5.97 Å². The molecule has 0 unspecified atom stereocenters. The molecule has 19 heavy (non-hydrogen) atoms. The van der Waals surface area contributed by atoms with Crippen molar-refractivity contribution < 1.29 is 23.4 Å². The zero-order chi connectivity index (χ0) is 14.7. The largest absolute Gasteiger partial charge is 0.481 e. The van der Waals surface area contributed by atoms with Gasteiger partial charge in [-0.1, -0.05) is 12.8 Å². The van der Waals surface area contributed by atoms with Crippen molar-refractivity contribution in [1.29, 1.82) is 0 Å². The van der Waals surface area contributed by atoms with Gasteiger partial charge in [0.1, 0.15) is 0 Å². The van der Waals surface area contributed by atoms with Crippen LogP contribution in [0.25, 0.3) is 0 Å². The van der Waals surface area contributed by atoms with E-state index in [4.69, 9.17) is 5.11 Å². The van der Waals surface area contributed by atoms with E-state index in [0.29, 0.717) is 12.8 Å². The summed E-state index contributed by atoms with van der Waals surface area (Å²) >= 11 is 0. The average molecular weight is 294 g/mol. The summed E-state index contributed by atoms with van der Waals surface area (Å²) in [5, 5.41) is 18.8. The van der Waals surface area contributed by atoms with E-state index in [0.717, 1.165) is 21.5 Å². The summed E-state index contributed by atoms with van der Waals surface area (Å²) in [6.45, 7) is -0.0345. The normalized spacial score (nSPS) is 19.2. The van der Waals surface area contributed by atoms with Crippen LogP contribution in [-0.2, 0) is 15.0 Å². The summed E-state index contributed by atoms with van der Waals surface area (Å²) in [6.07, 6.45) is 2.77. The van der Waals surface area contributed by atoms with Crippen molar-refractivity contribution in [2.75, 3.05) is 27.2 Å². The molecule has 0 amide bonds. The second-order valence-electron chi connectivity index (χ2n) is 5.16. The monoisotopic (exact) mass is 294 g/mol. The van der Waals surface area contributed by atoms with E-state index in [1.807, 2.05) is 0 Å². The third kappa shape index (κ3) is 4.41. The standard InChI is InChI=1S/C11H22N2O5S/c1-12(8-5-10(14)15)19(17,18)13(2)9-11(16)6-3-4-7-11/h16H,3-9H2,1-2H3,(H,14,15). The third-order valence-electron chi connectivity index (χ3n) is 3.48. The van der Waals surface area contributed by atoms with Crippen LogP contribution in [-0.4, -0.2) is 66.0 Å². The zero-order valence-electron chi connectivity index (χ0n) is 11.4. The van der Waals surface area contributed by atoms with Gasteiger partial charge in [-0.05, 0) is 12.8 Å². The number of hydrogen-bond donors (Lipinski definition) is 2. The third-order valence-corrected chi connectivity index (χ3v) is 5.37. The van der Waals surface area contributed by atoms with Gasteiger partial charge in [-0.25, -0.2) is 0 Å². The maximum atomic E-state index is 12.1. The molecule has 0 saturated heterocycles. The molecule has 0 aromatic carbocycles. The molecule has 0 aliphatic heterocycles. The molecule has 8 heteroatoms. The number of carbonyl (C=O) groups is 1. The van der Waals surface area contributed by atoms with Crippen molar-refractivity contribution in [1.82, 2.24) is 8.61 Å². The Labute approximate surface area is 114 Å². The molecular formula is C11H22N2O5S. The molecule has 112 valence electrons. The van der Waals surface area contributed by atoms with Crippen LogP contribution in [0.3, 0.4) is 0 Å². The fraction of sp³-hybridized carbons (Fsp3) is 0.909. The molecule has 0 bridgehead atoms. The summed E-state index contributed by atoms with van der Waals surface area (Å²) in [5.74, 6) is -1.04. The van der Waals surface area contributed by atoms with Crippen molar-refractivity contribution >= 4 is 16.2 Å². The van der Waals surface area contributed by atoms with Crippen molar-refractivity contribution in [3.05, 3.63) is 0 Å². The first kappa shape index (κ1) is 16.4.